The van der Waals surface area contributed by atoms with Gasteiger partial charge in [0, 0.05) is 6.07 Å². The fourth-order valence-electron chi connectivity index (χ4n) is 4.31. The molecule has 0 aliphatic carbocycles. The molecule has 0 unspecified atom stereocenters. The van der Waals surface area contributed by atoms with Crippen LogP contribution in [0.5, 0.6) is 5.75 Å². The Balaban J connectivity index is 2.09. The minimum Gasteiger partial charge on any atom is -0.493 e. The maximum absolute atomic E-state index is 11.9. The third-order valence-electron chi connectivity index (χ3n) is 6.58. The number of hydrogen-bond donors (Lipinski definition) is 2. The van der Waals surface area contributed by atoms with Gasteiger partial charge in [-0.25, -0.2) is 10.2 Å². The Labute approximate surface area is 222 Å². The largest absolute Gasteiger partial charge is 0.493 e. The molecular weight excluding hydrogens is 448 g/mol. The first kappa shape index (κ1) is 32.1. The first-order valence-corrected chi connectivity index (χ1v) is 14.7. The molecule has 0 saturated carbocycles. The molecule has 0 saturated heterocycles. The minimum atomic E-state index is -0.532. The predicted octanol–water partition coefficient (Wildman–Crippen LogP) is 9.80. The highest BCUT2D eigenvalue weighted by molar-refractivity contribution is 5.70. The van der Waals surface area contributed by atoms with Gasteiger partial charge in [-0.1, -0.05) is 103 Å². The van der Waals surface area contributed by atoms with Crippen molar-refractivity contribution in [2.45, 2.75) is 150 Å². The van der Waals surface area contributed by atoms with E-state index in [-0.39, 0.29) is 0 Å². The zero-order valence-corrected chi connectivity index (χ0v) is 24.4. The van der Waals surface area contributed by atoms with Crippen LogP contribution in [0.3, 0.4) is 0 Å². The monoisotopic (exact) mass is 504 g/mol. The van der Waals surface area contributed by atoms with Crippen LogP contribution in [0.25, 0.3) is 0 Å². The molecule has 0 radical (unpaired) electrons. The van der Waals surface area contributed by atoms with E-state index in [1.54, 1.807) is 0 Å². The molecule has 0 bridgehead atoms. The van der Waals surface area contributed by atoms with Crippen molar-refractivity contribution in [3.63, 3.8) is 0 Å². The maximum Gasteiger partial charge on any atom is 0.426 e. The van der Waals surface area contributed by atoms with Crippen LogP contribution in [0.1, 0.15) is 142 Å². The molecule has 0 aliphatic heterocycles. The van der Waals surface area contributed by atoms with Gasteiger partial charge in [0.05, 0.1) is 12.3 Å². The molecule has 1 aromatic carbocycles. The zero-order valence-electron chi connectivity index (χ0n) is 24.4. The van der Waals surface area contributed by atoms with Gasteiger partial charge in [0.25, 0.3) is 0 Å². The normalized spacial score (nSPS) is 11.4. The quantitative estimate of drug-likeness (QED) is 0.137. The number of nitrogens with one attached hydrogen (secondary N) is 2. The Morgan fingerprint density at radius 3 is 1.69 bits per heavy atom. The van der Waals surface area contributed by atoms with E-state index in [4.69, 9.17) is 9.47 Å². The summed E-state index contributed by atoms with van der Waals surface area (Å²) in [5, 5.41) is 0. The molecule has 0 fully saturated rings. The van der Waals surface area contributed by atoms with E-state index in [0.29, 0.717) is 0 Å². The molecule has 1 amide bonds. The summed E-state index contributed by atoms with van der Waals surface area (Å²) >= 11 is 0. The van der Waals surface area contributed by atoms with Gasteiger partial charge in [-0.3, -0.25) is 5.43 Å². The Hall–Kier alpha value is -1.91. The van der Waals surface area contributed by atoms with Crippen molar-refractivity contribution in [1.82, 2.24) is 5.43 Å². The molecule has 0 heterocycles. The number of hydrogen-bond acceptors (Lipinski definition) is 4. The number of unbranched alkanes of at least 4 members (excludes halogenated alkanes) is 15. The molecule has 5 heteroatoms. The first-order valence-electron chi connectivity index (χ1n) is 14.7. The molecule has 208 valence electrons. The van der Waals surface area contributed by atoms with Crippen LogP contribution in [-0.2, 0) is 4.74 Å². The second-order valence-corrected chi connectivity index (χ2v) is 11.3. The van der Waals surface area contributed by atoms with Crippen LogP contribution in [0.15, 0.2) is 12.1 Å². The molecule has 1 aromatic rings. The number of benzene rings is 1. The number of rotatable bonds is 20. The van der Waals surface area contributed by atoms with Crippen LogP contribution in [0, 0.1) is 13.8 Å². The molecule has 0 spiro atoms. The smallest absolute Gasteiger partial charge is 0.426 e. The Morgan fingerprint density at radius 2 is 1.22 bits per heavy atom. The number of carbonyl (C=O) groups excluding carboxylic acids is 1. The fourth-order valence-corrected chi connectivity index (χ4v) is 4.31. The van der Waals surface area contributed by atoms with Gasteiger partial charge in [-0.15, -0.1) is 0 Å². The number of hydrazine groups is 1. The molecular formula is C31H56N2O3. The Kier molecular flexibility index (Phi) is 17.2. The van der Waals surface area contributed by atoms with E-state index in [9.17, 15) is 4.79 Å². The van der Waals surface area contributed by atoms with E-state index < -0.39 is 11.7 Å². The van der Waals surface area contributed by atoms with Crippen molar-refractivity contribution in [1.29, 1.82) is 0 Å². The molecule has 2 N–H and O–H groups in total. The van der Waals surface area contributed by atoms with Gasteiger partial charge in [0.1, 0.15) is 11.4 Å². The number of amides is 1. The topological polar surface area (TPSA) is 59.6 Å². The summed E-state index contributed by atoms with van der Waals surface area (Å²) < 4.78 is 11.3. The summed E-state index contributed by atoms with van der Waals surface area (Å²) in [4.78, 5) is 11.9. The Morgan fingerprint density at radius 1 is 0.750 bits per heavy atom. The van der Waals surface area contributed by atoms with Crippen LogP contribution in [0.2, 0.25) is 0 Å². The van der Waals surface area contributed by atoms with Gasteiger partial charge in [0.2, 0.25) is 0 Å². The van der Waals surface area contributed by atoms with Crippen LogP contribution in [-0.4, -0.2) is 18.3 Å². The molecule has 0 aromatic heterocycles. The summed E-state index contributed by atoms with van der Waals surface area (Å²) in [5.41, 5.74) is 8.02. The SMILES string of the molecule is CCCCCCCCCCCCCCCCCCOc1cc(NNC(=O)OC(C)(C)C)cc(C)c1C. The summed E-state index contributed by atoms with van der Waals surface area (Å²) in [6.45, 7) is 12.7. The summed E-state index contributed by atoms with van der Waals surface area (Å²) in [5.74, 6) is 0.865. The standard InChI is InChI=1S/C31H56N2O3/c1-7-8-9-10-11-12-13-14-15-16-17-18-19-20-21-22-23-35-29-25-28(24-26(2)27(29)3)32-33-30(34)36-31(4,5)6/h24-25,32H,7-23H2,1-6H3,(H,33,34). The number of anilines is 1. The van der Waals surface area contributed by atoms with Crippen molar-refractivity contribution in [3.8, 4) is 5.75 Å². The number of aryl methyl sites for hydroxylation is 1. The highest BCUT2D eigenvalue weighted by Gasteiger charge is 2.16. The highest BCUT2D eigenvalue weighted by atomic mass is 16.6. The zero-order chi connectivity index (χ0) is 26.7. The van der Waals surface area contributed by atoms with Gasteiger partial charge in [-0.05, 0) is 58.2 Å². The van der Waals surface area contributed by atoms with Gasteiger partial charge < -0.3 is 9.47 Å². The molecule has 0 aliphatic rings. The van der Waals surface area contributed by atoms with E-state index in [1.807, 2.05) is 32.9 Å². The number of carbonyl (C=O) groups is 1. The van der Waals surface area contributed by atoms with Crippen LogP contribution < -0.4 is 15.6 Å². The lowest BCUT2D eigenvalue weighted by molar-refractivity contribution is 0.0541. The average molecular weight is 505 g/mol. The Bertz CT molecular complexity index is 713. The van der Waals surface area contributed by atoms with E-state index in [0.717, 1.165) is 35.6 Å². The van der Waals surface area contributed by atoms with Crippen LogP contribution >= 0.6 is 0 Å². The molecule has 5 nitrogen and oxygen atoms in total. The molecule has 36 heavy (non-hydrogen) atoms. The second kappa shape index (κ2) is 19.2. The van der Waals surface area contributed by atoms with Crippen molar-refractivity contribution in [2.24, 2.45) is 0 Å². The first-order chi connectivity index (χ1) is 17.2. The van der Waals surface area contributed by atoms with E-state index in [2.05, 4.69) is 31.6 Å². The van der Waals surface area contributed by atoms with Crippen molar-refractivity contribution in [2.75, 3.05) is 12.0 Å². The highest BCUT2D eigenvalue weighted by Crippen LogP contribution is 2.26. The minimum absolute atomic E-state index is 0.503. The third-order valence-corrected chi connectivity index (χ3v) is 6.58. The average Bonchev–Trinajstić information content (AvgIpc) is 2.81. The second-order valence-electron chi connectivity index (χ2n) is 11.3. The summed E-state index contributed by atoms with van der Waals surface area (Å²) in [6.07, 6.45) is 21.4. The van der Waals surface area contributed by atoms with E-state index in [1.165, 1.54) is 96.3 Å². The van der Waals surface area contributed by atoms with Crippen molar-refractivity contribution in [3.05, 3.63) is 23.3 Å². The predicted molar refractivity (Wildman–Crippen MR) is 154 cm³/mol. The summed E-state index contributed by atoms with van der Waals surface area (Å²) in [6, 6.07) is 3.93. The molecule has 0 atom stereocenters. The van der Waals surface area contributed by atoms with Gasteiger partial charge in [0.15, 0.2) is 0 Å². The van der Waals surface area contributed by atoms with E-state index >= 15 is 0 Å². The lowest BCUT2D eigenvalue weighted by Crippen LogP contribution is -2.35. The third kappa shape index (κ3) is 16.7. The lowest BCUT2D eigenvalue weighted by Gasteiger charge is -2.20. The van der Waals surface area contributed by atoms with Crippen molar-refractivity contribution >= 4 is 11.8 Å². The van der Waals surface area contributed by atoms with Crippen molar-refractivity contribution < 1.29 is 14.3 Å². The lowest BCUT2D eigenvalue weighted by atomic mass is 10.0. The molecule has 1 rings (SSSR count). The summed E-state index contributed by atoms with van der Waals surface area (Å²) in [7, 11) is 0. The van der Waals surface area contributed by atoms with Crippen LogP contribution in [0.4, 0.5) is 10.5 Å². The van der Waals surface area contributed by atoms with Gasteiger partial charge >= 0.3 is 6.09 Å². The fraction of sp³-hybridized carbons (Fsp3) is 0.774. The van der Waals surface area contributed by atoms with Gasteiger partial charge in [-0.2, -0.15) is 0 Å². The number of ether oxygens (including phenoxy) is 2. The maximum atomic E-state index is 11.9.